The Balaban J connectivity index is 2.32. The van der Waals surface area contributed by atoms with Crippen molar-refractivity contribution in [2.24, 2.45) is 0 Å². The standard InChI is InChI=1S/C12H7Cl2F3O2/c13-9-4-3-7(19-12(16,17)11(14)15)6-8(9)10-2-1-5-18-10/h1-6,11H. The Kier molecular flexibility index (Phi) is 3.96. The molecule has 1 unspecified atom stereocenters. The number of ether oxygens (including phenoxy) is 1. The summed E-state index contributed by atoms with van der Waals surface area (Å²) >= 11 is 10.6. The van der Waals surface area contributed by atoms with Gasteiger partial charge >= 0.3 is 6.11 Å². The molecule has 0 aliphatic rings. The molecule has 1 atom stereocenters. The molecule has 2 nitrogen and oxygen atoms in total. The predicted octanol–water partition coefficient (Wildman–Crippen LogP) is 5.11. The van der Waals surface area contributed by atoms with Gasteiger partial charge in [0.15, 0.2) is 0 Å². The van der Waals surface area contributed by atoms with Crippen molar-refractivity contribution in [2.75, 3.05) is 0 Å². The van der Waals surface area contributed by atoms with Crippen LogP contribution in [0.2, 0.25) is 5.02 Å². The number of alkyl halides is 4. The zero-order chi connectivity index (χ0) is 14.0. The Hall–Kier alpha value is -1.33. The number of halogens is 5. The van der Waals surface area contributed by atoms with E-state index >= 15 is 0 Å². The summed E-state index contributed by atoms with van der Waals surface area (Å²) in [5, 5.41) is 0.285. The number of furan rings is 1. The van der Waals surface area contributed by atoms with Gasteiger partial charge in [-0.05, 0) is 30.3 Å². The van der Waals surface area contributed by atoms with E-state index in [0.29, 0.717) is 11.3 Å². The van der Waals surface area contributed by atoms with Crippen LogP contribution >= 0.6 is 23.2 Å². The largest absolute Gasteiger partial charge is 0.464 e. The molecule has 0 N–H and O–H groups in total. The van der Waals surface area contributed by atoms with Crippen LogP contribution in [-0.4, -0.2) is 11.7 Å². The highest BCUT2D eigenvalue weighted by Gasteiger charge is 2.42. The highest BCUT2D eigenvalue weighted by Crippen LogP contribution is 2.35. The van der Waals surface area contributed by atoms with Gasteiger partial charge in [-0.25, -0.2) is 4.39 Å². The van der Waals surface area contributed by atoms with Gasteiger partial charge in [-0.1, -0.05) is 23.2 Å². The van der Waals surface area contributed by atoms with E-state index in [2.05, 4.69) is 4.74 Å². The lowest BCUT2D eigenvalue weighted by atomic mass is 10.1. The average Bonchev–Trinajstić information content (AvgIpc) is 2.84. The molecule has 0 radical (unpaired) electrons. The Morgan fingerprint density at radius 2 is 2.00 bits per heavy atom. The maximum absolute atomic E-state index is 13.0. The molecular formula is C12H7Cl2F3O2. The molecule has 7 heteroatoms. The molecule has 0 spiro atoms. The monoisotopic (exact) mass is 310 g/mol. The maximum atomic E-state index is 13.0. The first-order valence-corrected chi connectivity index (χ1v) is 5.90. The van der Waals surface area contributed by atoms with Crippen molar-refractivity contribution >= 4 is 23.2 Å². The van der Waals surface area contributed by atoms with Crippen molar-refractivity contribution in [3.8, 4) is 17.1 Å². The van der Waals surface area contributed by atoms with Crippen LogP contribution in [0.25, 0.3) is 11.3 Å². The van der Waals surface area contributed by atoms with Gasteiger partial charge in [0.25, 0.3) is 5.63 Å². The van der Waals surface area contributed by atoms with E-state index < -0.39 is 11.7 Å². The summed E-state index contributed by atoms with van der Waals surface area (Å²) in [4.78, 5) is 0. The maximum Gasteiger partial charge on any atom is 0.444 e. The lowest BCUT2D eigenvalue weighted by Gasteiger charge is -2.18. The number of hydrogen-bond acceptors (Lipinski definition) is 2. The number of benzene rings is 1. The first-order valence-electron chi connectivity index (χ1n) is 5.08. The second kappa shape index (κ2) is 5.35. The van der Waals surface area contributed by atoms with Gasteiger partial charge in [0.1, 0.15) is 11.5 Å². The van der Waals surface area contributed by atoms with Crippen LogP contribution in [-0.2, 0) is 0 Å². The fourth-order valence-corrected chi connectivity index (χ4v) is 1.65. The molecule has 0 saturated carbocycles. The van der Waals surface area contributed by atoms with Gasteiger partial charge in [-0.2, -0.15) is 8.78 Å². The summed E-state index contributed by atoms with van der Waals surface area (Å²) in [6, 6.07) is 6.95. The van der Waals surface area contributed by atoms with Crippen molar-refractivity contribution in [3.63, 3.8) is 0 Å². The average molecular weight is 311 g/mol. The second-order valence-electron chi connectivity index (χ2n) is 3.58. The van der Waals surface area contributed by atoms with Gasteiger partial charge in [0.05, 0.1) is 11.3 Å². The first-order chi connectivity index (χ1) is 8.90. The van der Waals surface area contributed by atoms with E-state index in [1.165, 1.54) is 24.5 Å². The van der Waals surface area contributed by atoms with E-state index in [4.69, 9.17) is 27.6 Å². The Morgan fingerprint density at radius 1 is 1.26 bits per heavy atom. The summed E-state index contributed by atoms with van der Waals surface area (Å²) in [6.45, 7) is 0. The first kappa shape index (κ1) is 14.1. The third-order valence-corrected chi connectivity index (χ3v) is 2.82. The molecule has 0 saturated heterocycles. The molecule has 19 heavy (non-hydrogen) atoms. The minimum absolute atomic E-state index is 0.274. The summed E-state index contributed by atoms with van der Waals surface area (Å²) in [6.07, 6.45) is -2.72. The molecule has 2 rings (SSSR count). The lowest BCUT2D eigenvalue weighted by Crippen LogP contribution is -2.32. The molecule has 2 aromatic rings. The zero-order valence-corrected chi connectivity index (χ0v) is 10.8. The van der Waals surface area contributed by atoms with Crippen molar-refractivity contribution in [1.82, 2.24) is 0 Å². The zero-order valence-electron chi connectivity index (χ0n) is 9.25. The lowest BCUT2D eigenvalue weighted by molar-refractivity contribution is -0.199. The highest BCUT2D eigenvalue weighted by molar-refractivity contribution is 6.33. The molecular weight excluding hydrogens is 304 g/mol. The molecule has 0 bridgehead atoms. The fourth-order valence-electron chi connectivity index (χ4n) is 1.39. The number of rotatable bonds is 4. The fraction of sp³-hybridized carbons (Fsp3) is 0.167. The molecule has 0 fully saturated rings. The third kappa shape index (κ3) is 3.16. The van der Waals surface area contributed by atoms with Gasteiger partial charge in [-0.15, -0.1) is 0 Å². The van der Waals surface area contributed by atoms with E-state index in [1.807, 2.05) is 0 Å². The van der Waals surface area contributed by atoms with Crippen LogP contribution in [0.3, 0.4) is 0 Å². The minimum atomic E-state index is -4.13. The van der Waals surface area contributed by atoms with Crippen LogP contribution in [0.4, 0.5) is 13.2 Å². The molecule has 0 amide bonds. The van der Waals surface area contributed by atoms with Crippen LogP contribution < -0.4 is 4.74 Å². The molecule has 0 aliphatic heterocycles. The predicted molar refractivity (Wildman–Crippen MR) is 65.5 cm³/mol. The van der Waals surface area contributed by atoms with Crippen molar-refractivity contribution in [3.05, 3.63) is 41.6 Å². The molecule has 1 heterocycles. The Bertz CT molecular complexity index is 556. The van der Waals surface area contributed by atoms with Gasteiger partial charge in [0.2, 0.25) is 0 Å². The quantitative estimate of drug-likeness (QED) is 0.732. The SMILES string of the molecule is FC(Cl)C(F)(F)Oc1ccc(Cl)c(-c2ccco2)c1. The van der Waals surface area contributed by atoms with Gasteiger partial charge < -0.3 is 9.15 Å². The molecule has 102 valence electrons. The Morgan fingerprint density at radius 3 is 2.58 bits per heavy atom. The van der Waals surface area contributed by atoms with E-state index in [-0.39, 0.29) is 10.8 Å². The third-order valence-electron chi connectivity index (χ3n) is 2.23. The van der Waals surface area contributed by atoms with Crippen molar-refractivity contribution < 1.29 is 22.3 Å². The van der Waals surface area contributed by atoms with Crippen LogP contribution in [0, 0.1) is 0 Å². The normalized spacial score (nSPS) is 13.3. The smallest absolute Gasteiger partial charge is 0.444 e. The minimum Gasteiger partial charge on any atom is -0.464 e. The molecule has 1 aromatic heterocycles. The summed E-state index contributed by atoms with van der Waals surface area (Å²) < 4.78 is 47.8. The summed E-state index contributed by atoms with van der Waals surface area (Å²) in [7, 11) is 0. The topological polar surface area (TPSA) is 22.4 Å². The van der Waals surface area contributed by atoms with Gasteiger partial charge in [-0.3, -0.25) is 0 Å². The Labute approximate surface area is 116 Å². The molecule has 0 aliphatic carbocycles. The van der Waals surface area contributed by atoms with Crippen molar-refractivity contribution in [1.29, 1.82) is 0 Å². The van der Waals surface area contributed by atoms with Crippen LogP contribution in [0.15, 0.2) is 41.0 Å². The van der Waals surface area contributed by atoms with E-state index in [9.17, 15) is 13.2 Å². The van der Waals surface area contributed by atoms with Crippen LogP contribution in [0.1, 0.15) is 0 Å². The van der Waals surface area contributed by atoms with E-state index in [1.54, 1.807) is 12.1 Å². The highest BCUT2D eigenvalue weighted by atomic mass is 35.5. The van der Waals surface area contributed by atoms with Gasteiger partial charge in [0, 0.05) is 5.56 Å². The van der Waals surface area contributed by atoms with E-state index in [0.717, 1.165) is 0 Å². The summed E-state index contributed by atoms with van der Waals surface area (Å²) in [5.41, 5.74) is -2.60. The summed E-state index contributed by atoms with van der Waals surface area (Å²) in [5.74, 6) is 0.102. The number of hydrogen-bond donors (Lipinski definition) is 0. The molecule has 1 aromatic carbocycles. The van der Waals surface area contributed by atoms with Crippen molar-refractivity contribution in [2.45, 2.75) is 11.7 Å². The second-order valence-corrected chi connectivity index (χ2v) is 4.37. The van der Waals surface area contributed by atoms with Crippen LogP contribution in [0.5, 0.6) is 5.75 Å².